The van der Waals surface area contributed by atoms with E-state index in [9.17, 15) is 15.0 Å². The van der Waals surface area contributed by atoms with Gasteiger partial charge in [0.05, 0.1) is 29.8 Å². The normalized spacial score (nSPS) is 58.8. The first-order valence-electron chi connectivity index (χ1n) is 11.1. The zero-order chi connectivity index (χ0) is 20.4. The van der Waals surface area contributed by atoms with Crippen molar-refractivity contribution in [1.29, 1.82) is 0 Å². The molecular formula is C23H36O5. The minimum absolute atomic E-state index is 0.0262. The van der Waals surface area contributed by atoms with Gasteiger partial charge < -0.3 is 19.7 Å². The lowest BCUT2D eigenvalue weighted by molar-refractivity contribution is -0.394. The van der Waals surface area contributed by atoms with Gasteiger partial charge in [-0.05, 0) is 56.8 Å². The highest BCUT2D eigenvalue weighted by Gasteiger charge is 2.80. The van der Waals surface area contributed by atoms with Crippen LogP contribution < -0.4 is 0 Å². The van der Waals surface area contributed by atoms with Gasteiger partial charge in [0, 0.05) is 17.3 Å². The molecule has 0 aromatic carbocycles. The van der Waals surface area contributed by atoms with Crippen LogP contribution in [0.25, 0.3) is 0 Å². The van der Waals surface area contributed by atoms with Gasteiger partial charge in [0.2, 0.25) is 0 Å². The van der Waals surface area contributed by atoms with Crippen molar-refractivity contribution in [2.24, 2.45) is 39.9 Å². The maximum Gasteiger partial charge on any atom is 0.163 e. The molecule has 2 bridgehead atoms. The van der Waals surface area contributed by atoms with Crippen LogP contribution in [0.15, 0.2) is 0 Å². The maximum absolute atomic E-state index is 13.8. The quantitative estimate of drug-likeness (QED) is 0.663. The van der Waals surface area contributed by atoms with Crippen LogP contribution >= 0.6 is 0 Å². The predicted molar refractivity (Wildman–Crippen MR) is 103 cm³/mol. The van der Waals surface area contributed by atoms with Crippen molar-refractivity contribution in [3.8, 4) is 0 Å². The minimum atomic E-state index is -0.836. The summed E-state index contributed by atoms with van der Waals surface area (Å²) in [6.45, 7) is 12.6. The van der Waals surface area contributed by atoms with Gasteiger partial charge >= 0.3 is 0 Å². The summed E-state index contributed by atoms with van der Waals surface area (Å²) >= 11 is 0. The lowest BCUT2D eigenvalue weighted by Gasteiger charge is -2.70. The van der Waals surface area contributed by atoms with Crippen LogP contribution in [-0.4, -0.2) is 46.2 Å². The molecular weight excluding hydrogens is 356 g/mol. The second kappa shape index (κ2) is 5.40. The zero-order valence-corrected chi connectivity index (χ0v) is 18.1. The minimum Gasteiger partial charge on any atom is -0.393 e. The number of ether oxygens (including phenoxy) is 2. The molecule has 158 valence electrons. The highest BCUT2D eigenvalue weighted by Crippen LogP contribution is 2.73. The van der Waals surface area contributed by atoms with Gasteiger partial charge in [-0.25, -0.2) is 0 Å². The summed E-state index contributed by atoms with van der Waals surface area (Å²) in [6.07, 6.45) is 1.37. The smallest absolute Gasteiger partial charge is 0.163 e. The van der Waals surface area contributed by atoms with Gasteiger partial charge in [-0.3, -0.25) is 4.79 Å². The molecule has 5 nitrogen and oxygen atoms in total. The molecule has 0 amide bonds. The van der Waals surface area contributed by atoms with E-state index in [4.69, 9.17) is 9.47 Å². The van der Waals surface area contributed by atoms with E-state index in [1.165, 1.54) is 0 Å². The van der Waals surface area contributed by atoms with Gasteiger partial charge in [-0.15, -0.1) is 0 Å². The molecule has 5 heteroatoms. The number of hydrogen-bond donors (Lipinski definition) is 2. The average molecular weight is 393 g/mol. The van der Waals surface area contributed by atoms with Crippen molar-refractivity contribution in [3.63, 3.8) is 0 Å². The maximum atomic E-state index is 13.8. The van der Waals surface area contributed by atoms with E-state index < -0.39 is 28.8 Å². The largest absolute Gasteiger partial charge is 0.393 e. The summed E-state index contributed by atoms with van der Waals surface area (Å²) in [5, 5.41) is 22.7. The number of Topliss-reactive ketones (excluding diaryl/α,β-unsaturated/α-hetero) is 1. The van der Waals surface area contributed by atoms with Crippen LogP contribution in [0.3, 0.4) is 0 Å². The first kappa shape index (κ1) is 19.5. The standard InChI is InChI=1S/C23H36O5/c1-11-12-9-13(24)17-22(6)14(20(2,3)8-7-15(22)25)10-16-23(17,18(11)26)19(12)28-21(4,5)27-16/h11-17,19,24-25H,7-10H2,1-6H3/t11-,12?,13?,14?,15-,16-,17?,19?,22+,23?/m1/s1. The van der Waals surface area contributed by atoms with Crippen LogP contribution in [0.1, 0.15) is 67.2 Å². The Morgan fingerprint density at radius 3 is 2.39 bits per heavy atom. The molecule has 28 heavy (non-hydrogen) atoms. The molecule has 4 aliphatic carbocycles. The van der Waals surface area contributed by atoms with E-state index in [1.807, 2.05) is 20.8 Å². The van der Waals surface area contributed by atoms with Crippen molar-refractivity contribution in [2.45, 2.75) is 97.4 Å². The van der Waals surface area contributed by atoms with Gasteiger partial charge in [0.1, 0.15) is 5.78 Å². The Morgan fingerprint density at radius 2 is 1.71 bits per heavy atom. The summed E-state index contributed by atoms with van der Waals surface area (Å²) in [4.78, 5) is 13.8. The lowest BCUT2D eigenvalue weighted by Crippen LogP contribution is -2.76. The first-order valence-corrected chi connectivity index (χ1v) is 11.1. The fourth-order valence-corrected chi connectivity index (χ4v) is 8.69. The molecule has 10 atom stereocenters. The third-order valence-electron chi connectivity index (χ3n) is 9.72. The van der Waals surface area contributed by atoms with Crippen LogP contribution in [-0.2, 0) is 14.3 Å². The molecule has 4 saturated carbocycles. The van der Waals surface area contributed by atoms with Gasteiger partial charge in [-0.1, -0.05) is 27.7 Å². The molecule has 5 fully saturated rings. The first-order chi connectivity index (χ1) is 12.9. The fourth-order valence-electron chi connectivity index (χ4n) is 8.69. The van der Waals surface area contributed by atoms with Crippen molar-refractivity contribution < 1.29 is 24.5 Å². The van der Waals surface area contributed by atoms with Crippen LogP contribution in [0.4, 0.5) is 0 Å². The predicted octanol–water partition coefficient (Wildman–Crippen LogP) is 2.92. The highest BCUT2D eigenvalue weighted by atomic mass is 16.7. The monoisotopic (exact) mass is 392 g/mol. The summed E-state index contributed by atoms with van der Waals surface area (Å²) in [6, 6.07) is 0. The molecule has 0 aromatic heterocycles. The summed E-state index contributed by atoms with van der Waals surface area (Å²) in [5.74, 6) is -0.794. The van der Waals surface area contributed by atoms with E-state index in [-0.39, 0.29) is 47.1 Å². The van der Waals surface area contributed by atoms with Gasteiger partial charge in [-0.2, -0.15) is 0 Å². The molecule has 1 aliphatic heterocycles. The number of fused-ring (bicyclic) bond motifs is 2. The number of rotatable bonds is 0. The Balaban J connectivity index is 1.75. The number of hydrogen-bond acceptors (Lipinski definition) is 5. The zero-order valence-electron chi connectivity index (χ0n) is 18.1. The second-order valence-electron chi connectivity index (χ2n) is 11.8. The highest BCUT2D eigenvalue weighted by molar-refractivity contribution is 5.92. The second-order valence-corrected chi connectivity index (χ2v) is 11.8. The Hall–Kier alpha value is -0.490. The molecule has 1 spiro atoms. The van der Waals surface area contributed by atoms with E-state index in [0.717, 1.165) is 19.3 Å². The van der Waals surface area contributed by atoms with E-state index >= 15 is 0 Å². The van der Waals surface area contributed by atoms with E-state index in [1.54, 1.807) is 0 Å². The van der Waals surface area contributed by atoms with E-state index in [0.29, 0.717) is 6.42 Å². The third-order valence-corrected chi connectivity index (χ3v) is 9.72. The molecule has 0 radical (unpaired) electrons. The number of carbonyl (C=O) groups excluding carboxylic acids is 1. The fraction of sp³-hybridized carbons (Fsp3) is 0.957. The number of carbonyl (C=O) groups is 1. The van der Waals surface area contributed by atoms with Crippen LogP contribution in [0.5, 0.6) is 0 Å². The van der Waals surface area contributed by atoms with Crippen LogP contribution in [0, 0.1) is 39.9 Å². The summed E-state index contributed by atoms with van der Waals surface area (Å²) in [5.41, 5.74) is -1.33. The molecule has 0 aromatic rings. The third kappa shape index (κ3) is 2.00. The molecule has 1 heterocycles. The number of ketones is 1. The number of aliphatic hydroxyl groups is 2. The van der Waals surface area contributed by atoms with Gasteiger partial charge in [0.25, 0.3) is 0 Å². The average Bonchev–Trinajstić information content (AvgIpc) is 2.72. The van der Waals surface area contributed by atoms with E-state index in [2.05, 4.69) is 20.8 Å². The Labute approximate surface area is 168 Å². The SMILES string of the molecule is C[C@H]1C(=O)C23C4OC(C)(C)O[C@@H]2CC2C(C)(C)CC[C@@H](O)[C@@]2(C)C3C(O)CC41. The Bertz CT molecular complexity index is 716. The lowest BCUT2D eigenvalue weighted by atomic mass is 9.38. The van der Waals surface area contributed by atoms with Crippen molar-refractivity contribution in [2.75, 3.05) is 0 Å². The molecule has 2 N–H and O–H groups in total. The van der Waals surface area contributed by atoms with Crippen molar-refractivity contribution in [1.82, 2.24) is 0 Å². The molecule has 1 saturated heterocycles. The summed E-state index contributed by atoms with van der Waals surface area (Å²) < 4.78 is 12.9. The topological polar surface area (TPSA) is 76.0 Å². The Morgan fingerprint density at radius 1 is 1.04 bits per heavy atom. The summed E-state index contributed by atoms with van der Waals surface area (Å²) in [7, 11) is 0. The molecule has 5 rings (SSSR count). The van der Waals surface area contributed by atoms with Crippen molar-refractivity contribution in [3.05, 3.63) is 0 Å². The molecule has 5 aliphatic rings. The van der Waals surface area contributed by atoms with Crippen LogP contribution in [0.2, 0.25) is 0 Å². The Kier molecular flexibility index (Phi) is 3.76. The van der Waals surface area contributed by atoms with Gasteiger partial charge in [0.15, 0.2) is 5.79 Å². The number of aliphatic hydroxyl groups excluding tert-OH is 2. The van der Waals surface area contributed by atoms with Crippen molar-refractivity contribution >= 4 is 5.78 Å². The molecule has 6 unspecified atom stereocenters.